The maximum Gasteiger partial charge on any atom is 0.149 e. The summed E-state index contributed by atoms with van der Waals surface area (Å²) in [7, 11) is 0. The van der Waals surface area contributed by atoms with E-state index in [1.807, 2.05) is 0 Å². The quantitative estimate of drug-likeness (QED) is 0.582. The van der Waals surface area contributed by atoms with Crippen molar-refractivity contribution in [1.82, 2.24) is 4.98 Å². The van der Waals surface area contributed by atoms with E-state index in [2.05, 4.69) is 11.1 Å². The normalized spacial score (nSPS) is 10.5. The standard InChI is InChI=1S/C9H4F2N/c10-7-3-4-8(11)9-6(7)2-1-5-12-9/h2-5H. The molecule has 1 aromatic heterocycles. The summed E-state index contributed by atoms with van der Waals surface area (Å²) in [5.41, 5.74) is 0.0498. The second kappa shape index (κ2) is 2.52. The van der Waals surface area contributed by atoms with E-state index in [9.17, 15) is 8.78 Å². The zero-order chi connectivity index (χ0) is 8.55. The molecule has 0 bridgehead atoms. The smallest absolute Gasteiger partial charge is 0.149 e. The first kappa shape index (κ1) is 7.16. The number of fused-ring (bicyclic) bond motifs is 1. The van der Waals surface area contributed by atoms with Gasteiger partial charge in [0.2, 0.25) is 0 Å². The van der Waals surface area contributed by atoms with Crippen LogP contribution in [0.15, 0.2) is 24.4 Å². The van der Waals surface area contributed by atoms with E-state index < -0.39 is 11.6 Å². The van der Waals surface area contributed by atoms with Gasteiger partial charge >= 0.3 is 0 Å². The van der Waals surface area contributed by atoms with Crippen LogP contribution >= 0.6 is 0 Å². The SMILES string of the molecule is Fc1ccc(F)c2nc[c]cc12. The number of halogens is 2. The van der Waals surface area contributed by atoms with Crippen LogP contribution in [-0.2, 0) is 0 Å². The molecule has 0 spiro atoms. The molecule has 0 fully saturated rings. The molecule has 1 aromatic carbocycles. The molecule has 0 unspecified atom stereocenters. The Morgan fingerprint density at radius 2 is 1.92 bits per heavy atom. The molecule has 0 saturated heterocycles. The average Bonchev–Trinajstić information content (AvgIpc) is 2.12. The summed E-state index contributed by atoms with van der Waals surface area (Å²) in [6.45, 7) is 0. The maximum atomic E-state index is 12.9. The minimum atomic E-state index is -0.514. The molecule has 0 aliphatic heterocycles. The minimum absolute atomic E-state index is 0.0498. The molecule has 0 amide bonds. The third-order valence-corrected chi connectivity index (χ3v) is 1.61. The van der Waals surface area contributed by atoms with E-state index in [0.717, 1.165) is 12.1 Å². The Morgan fingerprint density at radius 3 is 2.67 bits per heavy atom. The van der Waals surface area contributed by atoms with Gasteiger partial charge in [0.1, 0.15) is 17.2 Å². The molecule has 0 aliphatic carbocycles. The Bertz CT molecular complexity index is 385. The third kappa shape index (κ3) is 0.942. The molecule has 3 heteroatoms. The highest BCUT2D eigenvalue weighted by molar-refractivity contribution is 5.79. The molecular weight excluding hydrogens is 160 g/mol. The highest BCUT2D eigenvalue weighted by atomic mass is 19.1. The van der Waals surface area contributed by atoms with Crippen LogP contribution in [0.5, 0.6) is 0 Å². The van der Waals surface area contributed by atoms with E-state index in [-0.39, 0.29) is 10.9 Å². The lowest BCUT2D eigenvalue weighted by Gasteiger charge is -1.97. The fraction of sp³-hybridized carbons (Fsp3) is 0. The lowest BCUT2D eigenvalue weighted by molar-refractivity contribution is 0.615. The average molecular weight is 164 g/mol. The number of pyridine rings is 1. The predicted molar refractivity (Wildman–Crippen MR) is 40.5 cm³/mol. The van der Waals surface area contributed by atoms with Crippen LogP contribution in [0.2, 0.25) is 0 Å². The molecule has 12 heavy (non-hydrogen) atoms. The van der Waals surface area contributed by atoms with Gasteiger partial charge in [-0.15, -0.1) is 0 Å². The topological polar surface area (TPSA) is 12.9 Å². The van der Waals surface area contributed by atoms with Gasteiger partial charge in [0.25, 0.3) is 0 Å². The second-order valence-corrected chi connectivity index (χ2v) is 2.36. The first-order valence-electron chi connectivity index (χ1n) is 3.39. The van der Waals surface area contributed by atoms with Gasteiger partial charge in [-0.2, -0.15) is 0 Å². The van der Waals surface area contributed by atoms with Crippen LogP contribution in [0.3, 0.4) is 0 Å². The van der Waals surface area contributed by atoms with Crippen LogP contribution < -0.4 is 0 Å². The molecule has 2 rings (SSSR count). The predicted octanol–water partition coefficient (Wildman–Crippen LogP) is 2.31. The Labute approximate surface area is 67.7 Å². The number of benzene rings is 1. The van der Waals surface area contributed by atoms with Crippen molar-refractivity contribution >= 4 is 10.9 Å². The molecule has 0 saturated carbocycles. The summed E-state index contributed by atoms with van der Waals surface area (Å²) >= 11 is 0. The van der Waals surface area contributed by atoms with Gasteiger partial charge < -0.3 is 0 Å². The van der Waals surface area contributed by atoms with Crippen molar-refractivity contribution in [2.24, 2.45) is 0 Å². The summed E-state index contributed by atoms with van der Waals surface area (Å²) in [5.74, 6) is -0.990. The summed E-state index contributed by atoms with van der Waals surface area (Å²) in [4.78, 5) is 3.67. The minimum Gasteiger partial charge on any atom is -0.252 e. The van der Waals surface area contributed by atoms with E-state index in [4.69, 9.17) is 0 Å². The molecular formula is C9H4F2N. The van der Waals surface area contributed by atoms with Gasteiger partial charge in [-0.3, -0.25) is 4.98 Å². The molecule has 0 atom stereocenters. The number of aromatic nitrogens is 1. The van der Waals surface area contributed by atoms with Crippen molar-refractivity contribution in [3.8, 4) is 0 Å². The van der Waals surface area contributed by atoms with Gasteiger partial charge in [-0.05, 0) is 18.2 Å². The lowest BCUT2D eigenvalue weighted by atomic mass is 10.2. The Balaban J connectivity index is 2.95. The van der Waals surface area contributed by atoms with Gasteiger partial charge in [0.15, 0.2) is 0 Å². The van der Waals surface area contributed by atoms with Crippen molar-refractivity contribution in [3.63, 3.8) is 0 Å². The monoisotopic (exact) mass is 164 g/mol. The Morgan fingerprint density at radius 1 is 1.17 bits per heavy atom. The van der Waals surface area contributed by atoms with Crippen molar-refractivity contribution < 1.29 is 8.78 Å². The van der Waals surface area contributed by atoms with Gasteiger partial charge in [0.05, 0.1) is 0 Å². The molecule has 0 aliphatic rings. The zero-order valence-electron chi connectivity index (χ0n) is 6.01. The van der Waals surface area contributed by atoms with Crippen molar-refractivity contribution in [1.29, 1.82) is 0 Å². The highest BCUT2D eigenvalue weighted by Crippen LogP contribution is 2.17. The summed E-state index contributed by atoms with van der Waals surface area (Å²) in [6.07, 6.45) is 1.31. The number of rotatable bonds is 0. The van der Waals surface area contributed by atoms with Crippen LogP contribution in [-0.4, -0.2) is 4.98 Å². The van der Waals surface area contributed by atoms with Crippen LogP contribution in [0.1, 0.15) is 0 Å². The lowest BCUT2D eigenvalue weighted by Crippen LogP contribution is -1.86. The van der Waals surface area contributed by atoms with E-state index in [0.29, 0.717) is 0 Å². The molecule has 1 heterocycles. The van der Waals surface area contributed by atoms with Crippen LogP contribution in [0.4, 0.5) is 8.78 Å². The largest absolute Gasteiger partial charge is 0.252 e. The van der Waals surface area contributed by atoms with Crippen LogP contribution in [0.25, 0.3) is 10.9 Å². The maximum absolute atomic E-state index is 12.9. The molecule has 0 N–H and O–H groups in total. The molecule has 59 valence electrons. The highest BCUT2D eigenvalue weighted by Gasteiger charge is 2.04. The molecule has 2 aromatic rings. The second-order valence-electron chi connectivity index (χ2n) is 2.36. The van der Waals surface area contributed by atoms with Crippen molar-refractivity contribution in [2.45, 2.75) is 0 Å². The molecule has 1 radical (unpaired) electrons. The fourth-order valence-electron chi connectivity index (χ4n) is 1.05. The number of nitrogens with zero attached hydrogens (tertiary/aromatic N) is 1. The fourth-order valence-corrected chi connectivity index (χ4v) is 1.05. The van der Waals surface area contributed by atoms with Crippen LogP contribution in [0, 0.1) is 17.7 Å². The zero-order valence-corrected chi connectivity index (χ0v) is 6.01. The Kier molecular flexibility index (Phi) is 1.50. The van der Waals surface area contributed by atoms with Gasteiger partial charge in [0, 0.05) is 17.6 Å². The third-order valence-electron chi connectivity index (χ3n) is 1.61. The first-order valence-corrected chi connectivity index (χ1v) is 3.39. The Hall–Kier alpha value is -1.51. The van der Waals surface area contributed by atoms with Crippen molar-refractivity contribution in [3.05, 3.63) is 42.1 Å². The van der Waals surface area contributed by atoms with E-state index in [1.165, 1.54) is 12.3 Å². The summed E-state index contributed by atoms with van der Waals surface area (Å²) in [6, 6.07) is 6.10. The molecule has 1 nitrogen and oxygen atoms in total. The van der Waals surface area contributed by atoms with Gasteiger partial charge in [-0.1, -0.05) is 0 Å². The number of hydrogen-bond donors (Lipinski definition) is 0. The van der Waals surface area contributed by atoms with Gasteiger partial charge in [-0.25, -0.2) is 8.78 Å². The first-order chi connectivity index (χ1) is 5.79. The van der Waals surface area contributed by atoms with E-state index in [1.54, 1.807) is 0 Å². The van der Waals surface area contributed by atoms with Crippen molar-refractivity contribution in [2.75, 3.05) is 0 Å². The van der Waals surface area contributed by atoms with E-state index >= 15 is 0 Å². The summed E-state index contributed by atoms with van der Waals surface area (Å²) in [5, 5.41) is 0.164. The number of hydrogen-bond acceptors (Lipinski definition) is 1. The summed E-state index contributed by atoms with van der Waals surface area (Å²) < 4.78 is 25.9.